The molecule has 1 aliphatic heterocycles. The number of benzene rings is 2. The summed E-state index contributed by atoms with van der Waals surface area (Å²) in [6.07, 6.45) is 0. The zero-order chi connectivity index (χ0) is 17.8. The van der Waals surface area contributed by atoms with Crippen LogP contribution in [-0.2, 0) is 9.53 Å². The highest BCUT2D eigenvalue weighted by molar-refractivity contribution is 6.30. The molecule has 0 fully saturated rings. The van der Waals surface area contributed by atoms with E-state index in [1.165, 1.54) is 0 Å². The SMILES string of the molecule is O=C(COc1cccc(Cl)c1)OCCN1C(=O)c2ccccc2C1=O. The van der Waals surface area contributed by atoms with Gasteiger partial charge in [-0.2, -0.15) is 0 Å². The summed E-state index contributed by atoms with van der Waals surface area (Å²) >= 11 is 5.82. The lowest BCUT2D eigenvalue weighted by Gasteiger charge is -2.14. The number of fused-ring (bicyclic) bond motifs is 1. The lowest BCUT2D eigenvalue weighted by molar-refractivity contribution is -0.146. The van der Waals surface area contributed by atoms with Crippen LogP contribution in [0.25, 0.3) is 0 Å². The van der Waals surface area contributed by atoms with Crippen LogP contribution in [0.3, 0.4) is 0 Å². The summed E-state index contributed by atoms with van der Waals surface area (Å²) in [6.45, 7) is -0.388. The maximum Gasteiger partial charge on any atom is 0.344 e. The quantitative estimate of drug-likeness (QED) is 0.585. The van der Waals surface area contributed by atoms with Crippen molar-refractivity contribution in [3.05, 3.63) is 64.7 Å². The first-order chi connectivity index (χ1) is 12.1. The number of carbonyl (C=O) groups excluding carboxylic acids is 3. The van der Waals surface area contributed by atoms with Crippen LogP contribution in [0.1, 0.15) is 20.7 Å². The molecule has 0 bridgehead atoms. The highest BCUT2D eigenvalue weighted by Gasteiger charge is 2.34. The molecule has 25 heavy (non-hydrogen) atoms. The number of nitrogens with zero attached hydrogens (tertiary/aromatic N) is 1. The van der Waals surface area contributed by atoms with Crippen LogP contribution in [0, 0.1) is 0 Å². The van der Waals surface area contributed by atoms with Gasteiger partial charge in [-0.3, -0.25) is 14.5 Å². The summed E-state index contributed by atoms with van der Waals surface area (Å²) in [7, 11) is 0. The summed E-state index contributed by atoms with van der Waals surface area (Å²) in [6, 6.07) is 13.2. The topological polar surface area (TPSA) is 72.9 Å². The maximum atomic E-state index is 12.2. The first kappa shape index (κ1) is 17.0. The number of carbonyl (C=O) groups is 3. The fraction of sp³-hybridized carbons (Fsp3) is 0.167. The van der Waals surface area contributed by atoms with Crippen LogP contribution < -0.4 is 4.74 Å². The van der Waals surface area contributed by atoms with Crippen molar-refractivity contribution in [2.24, 2.45) is 0 Å². The molecule has 2 amide bonds. The van der Waals surface area contributed by atoms with Crippen molar-refractivity contribution in [2.75, 3.05) is 19.8 Å². The Morgan fingerprint density at radius 2 is 1.68 bits per heavy atom. The normalized spacial score (nSPS) is 12.9. The average molecular weight is 360 g/mol. The molecular formula is C18H14ClNO5. The number of amides is 2. The maximum absolute atomic E-state index is 12.2. The smallest absolute Gasteiger partial charge is 0.344 e. The van der Waals surface area contributed by atoms with E-state index in [2.05, 4.69) is 0 Å². The third-order valence-corrected chi connectivity index (χ3v) is 3.84. The summed E-state index contributed by atoms with van der Waals surface area (Å²) in [5.74, 6) is -0.917. The fourth-order valence-corrected chi connectivity index (χ4v) is 2.61. The molecule has 0 saturated heterocycles. The predicted octanol–water partition coefficient (Wildman–Crippen LogP) is 2.56. The van der Waals surface area contributed by atoms with E-state index in [1.807, 2.05) is 0 Å². The van der Waals surface area contributed by atoms with Gasteiger partial charge >= 0.3 is 5.97 Å². The number of rotatable bonds is 6. The number of imide groups is 1. The monoisotopic (exact) mass is 359 g/mol. The van der Waals surface area contributed by atoms with Gasteiger partial charge in [0.25, 0.3) is 11.8 Å². The Bertz CT molecular complexity index is 801. The number of halogens is 1. The molecule has 0 saturated carbocycles. The minimum atomic E-state index is -0.600. The summed E-state index contributed by atoms with van der Waals surface area (Å²) < 4.78 is 10.3. The Hall–Kier alpha value is -2.86. The van der Waals surface area contributed by atoms with Gasteiger partial charge < -0.3 is 9.47 Å². The fourth-order valence-electron chi connectivity index (χ4n) is 2.43. The van der Waals surface area contributed by atoms with Crippen molar-refractivity contribution in [1.82, 2.24) is 4.90 Å². The lowest BCUT2D eigenvalue weighted by Crippen LogP contribution is -2.33. The van der Waals surface area contributed by atoms with Gasteiger partial charge in [0.05, 0.1) is 17.7 Å². The third-order valence-electron chi connectivity index (χ3n) is 3.61. The molecule has 128 valence electrons. The minimum absolute atomic E-state index is 0.00471. The predicted molar refractivity (Wildman–Crippen MR) is 89.7 cm³/mol. The van der Waals surface area contributed by atoms with E-state index in [0.717, 1.165) is 4.90 Å². The molecule has 3 rings (SSSR count). The van der Waals surface area contributed by atoms with Gasteiger partial charge in [0.15, 0.2) is 6.61 Å². The molecule has 0 unspecified atom stereocenters. The second-order valence-corrected chi connectivity index (χ2v) is 5.71. The van der Waals surface area contributed by atoms with Gasteiger partial charge in [-0.15, -0.1) is 0 Å². The van der Waals surface area contributed by atoms with E-state index < -0.39 is 5.97 Å². The molecule has 0 atom stereocenters. The average Bonchev–Trinajstić information content (AvgIpc) is 2.85. The zero-order valence-electron chi connectivity index (χ0n) is 13.1. The van der Waals surface area contributed by atoms with Crippen molar-refractivity contribution in [3.8, 4) is 5.75 Å². The van der Waals surface area contributed by atoms with Crippen LogP contribution in [0.4, 0.5) is 0 Å². The molecule has 0 radical (unpaired) electrons. The standard InChI is InChI=1S/C18H14ClNO5/c19-12-4-3-5-13(10-12)25-11-16(21)24-9-8-20-17(22)14-6-1-2-7-15(14)18(20)23/h1-7,10H,8-9,11H2. The van der Waals surface area contributed by atoms with Crippen LogP contribution in [0.15, 0.2) is 48.5 Å². The van der Waals surface area contributed by atoms with Crippen LogP contribution in [-0.4, -0.2) is 42.4 Å². The van der Waals surface area contributed by atoms with E-state index >= 15 is 0 Å². The summed E-state index contributed by atoms with van der Waals surface area (Å²) in [5.41, 5.74) is 0.728. The Labute approximate surface area is 148 Å². The Balaban J connectivity index is 1.46. The molecule has 0 spiro atoms. The third kappa shape index (κ3) is 3.80. The first-order valence-corrected chi connectivity index (χ1v) is 7.93. The summed E-state index contributed by atoms with van der Waals surface area (Å²) in [4.78, 5) is 37.1. The molecule has 2 aromatic carbocycles. The van der Waals surface area contributed by atoms with Crippen LogP contribution >= 0.6 is 11.6 Å². The number of hydrogen-bond acceptors (Lipinski definition) is 5. The first-order valence-electron chi connectivity index (χ1n) is 7.55. The van der Waals surface area contributed by atoms with Gasteiger partial charge in [-0.25, -0.2) is 4.79 Å². The molecule has 0 N–H and O–H groups in total. The van der Waals surface area contributed by atoms with E-state index in [-0.39, 0.29) is 31.6 Å². The largest absolute Gasteiger partial charge is 0.482 e. The van der Waals surface area contributed by atoms with Crippen molar-refractivity contribution in [3.63, 3.8) is 0 Å². The Morgan fingerprint density at radius 1 is 1.00 bits per heavy atom. The van der Waals surface area contributed by atoms with Gasteiger partial charge in [0, 0.05) is 5.02 Å². The Kier molecular flexibility index (Phi) is 5.00. The van der Waals surface area contributed by atoms with Crippen molar-refractivity contribution in [1.29, 1.82) is 0 Å². The Morgan fingerprint density at radius 3 is 2.32 bits per heavy atom. The molecule has 1 aliphatic rings. The van der Waals surface area contributed by atoms with Gasteiger partial charge in [0.1, 0.15) is 12.4 Å². The molecular weight excluding hydrogens is 346 g/mol. The van der Waals surface area contributed by atoms with E-state index in [0.29, 0.717) is 21.9 Å². The number of esters is 1. The second-order valence-electron chi connectivity index (χ2n) is 5.27. The molecule has 6 nitrogen and oxygen atoms in total. The second kappa shape index (κ2) is 7.36. The van der Waals surface area contributed by atoms with E-state index in [4.69, 9.17) is 21.1 Å². The molecule has 2 aromatic rings. The van der Waals surface area contributed by atoms with Gasteiger partial charge in [-0.1, -0.05) is 29.8 Å². The highest BCUT2D eigenvalue weighted by Crippen LogP contribution is 2.22. The molecule has 0 aliphatic carbocycles. The van der Waals surface area contributed by atoms with Crippen LogP contribution in [0.2, 0.25) is 5.02 Å². The van der Waals surface area contributed by atoms with Crippen molar-refractivity contribution < 1.29 is 23.9 Å². The highest BCUT2D eigenvalue weighted by atomic mass is 35.5. The van der Waals surface area contributed by atoms with Crippen LogP contribution in [0.5, 0.6) is 5.75 Å². The van der Waals surface area contributed by atoms with Crippen molar-refractivity contribution in [2.45, 2.75) is 0 Å². The minimum Gasteiger partial charge on any atom is -0.482 e. The van der Waals surface area contributed by atoms with Gasteiger partial charge in [-0.05, 0) is 30.3 Å². The molecule has 7 heteroatoms. The van der Waals surface area contributed by atoms with E-state index in [1.54, 1.807) is 48.5 Å². The van der Waals surface area contributed by atoms with E-state index in [9.17, 15) is 14.4 Å². The number of ether oxygens (including phenoxy) is 2. The van der Waals surface area contributed by atoms with Crippen molar-refractivity contribution >= 4 is 29.4 Å². The van der Waals surface area contributed by atoms with Gasteiger partial charge in [0.2, 0.25) is 0 Å². The lowest BCUT2D eigenvalue weighted by atomic mass is 10.1. The number of hydrogen-bond donors (Lipinski definition) is 0. The summed E-state index contributed by atoms with van der Waals surface area (Å²) in [5, 5.41) is 0.497. The molecule has 1 heterocycles. The zero-order valence-corrected chi connectivity index (χ0v) is 13.9. The molecule has 0 aromatic heterocycles.